The zero-order valence-electron chi connectivity index (χ0n) is 9.52. The van der Waals surface area contributed by atoms with Gasteiger partial charge in [0.05, 0.1) is 18.2 Å². The molecule has 17 heavy (non-hydrogen) atoms. The SMILES string of the molecule is C=C(C(=O)OC)c1ccc2oc(=O)n(C)c2c1. The van der Waals surface area contributed by atoms with E-state index in [0.29, 0.717) is 16.7 Å². The van der Waals surface area contributed by atoms with Crippen LogP contribution >= 0.6 is 0 Å². The van der Waals surface area contributed by atoms with Crippen LogP contribution in [0.4, 0.5) is 0 Å². The van der Waals surface area contributed by atoms with Gasteiger partial charge in [0.15, 0.2) is 5.58 Å². The van der Waals surface area contributed by atoms with Gasteiger partial charge in [-0.15, -0.1) is 0 Å². The molecule has 0 radical (unpaired) electrons. The molecule has 1 heterocycles. The molecule has 0 N–H and O–H groups in total. The molecule has 0 fully saturated rings. The number of nitrogens with zero attached hydrogens (tertiary/aromatic N) is 1. The molecule has 0 amide bonds. The fraction of sp³-hybridized carbons (Fsp3) is 0.167. The maximum Gasteiger partial charge on any atom is 0.419 e. The molecule has 0 spiro atoms. The van der Waals surface area contributed by atoms with Gasteiger partial charge in [-0.05, 0) is 17.7 Å². The van der Waals surface area contributed by atoms with E-state index in [9.17, 15) is 9.59 Å². The number of hydrogen-bond donors (Lipinski definition) is 0. The molecule has 0 saturated heterocycles. The van der Waals surface area contributed by atoms with E-state index in [1.807, 2.05) is 0 Å². The minimum atomic E-state index is -0.502. The normalized spacial score (nSPS) is 10.5. The van der Waals surface area contributed by atoms with Crippen LogP contribution in [-0.4, -0.2) is 17.6 Å². The Kier molecular flexibility index (Phi) is 2.59. The van der Waals surface area contributed by atoms with Crippen molar-refractivity contribution in [3.8, 4) is 0 Å². The van der Waals surface area contributed by atoms with Crippen LogP contribution in [0.5, 0.6) is 0 Å². The van der Waals surface area contributed by atoms with Gasteiger partial charge in [0.2, 0.25) is 0 Å². The molecule has 0 bridgehead atoms. The van der Waals surface area contributed by atoms with E-state index >= 15 is 0 Å². The Morgan fingerprint density at radius 3 is 2.82 bits per heavy atom. The Morgan fingerprint density at radius 1 is 1.47 bits per heavy atom. The first-order valence-corrected chi connectivity index (χ1v) is 4.91. The number of ether oxygens (including phenoxy) is 1. The fourth-order valence-corrected chi connectivity index (χ4v) is 1.56. The van der Waals surface area contributed by atoms with Crippen LogP contribution in [0.3, 0.4) is 0 Å². The highest BCUT2D eigenvalue weighted by Gasteiger charge is 2.12. The lowest BCUT2D eigenvalue weighted by atomic mass is 10.1. The maximum absolute atomic E-state index is 11.3. The summed E-state index contributed by atoms with van der Waals surface area (Å²) in [6.07, 6.45) is 0. The number of oxazole rings is 1. The lowest BCUT2D eigenvalue weighted by Gasteiger charge is -2.03. The molecule has 88 valence electrons. The lowest BCUT2D eigenvalue weighted by molar-refractivity contribution is -0.133. The Morgan fingerprint density at radius 2 is 2.18 bits per heavy atom. The highest BCUT2D eigenvalue weighted by atomic mass is 16.5. The van der Waals surface area contributed by atoms with Crippen molar-refractivity contribution in [2.24, 2.45) is 7.05 Å². The summed E-state index contributed by atoms with van der Waals surface area (Å²) in [6.45, 7) is 3.65. The number of aromatic nitrogens is 1. The highest BCUT2D eigenvalue weighted by Crippen LogP contribution is 2.20. The molecular weight excluding hydrogens is 222 g/mol. The number of hydrogen-bond acceptors (Lipinski definition) is 4. The summed E-state index contributed by atoms with van der Waals surface area (Å²) in [5, 5.41) is 0. The average molecular weight is 233 g/mol. The highest BCUT2D eigenvalue weighted by molar-refractivity contribution is 6.16. The molecule has 0 unspecified atom stereocenters. The van der Waals surface area contributed by atoms with Gasteiger partial charge in [-0.1, -0.05) is 12.6 Å². The largest absolute Gasteiger partial charge is 0.465 e. The first-order chi connectivity index (χ1) is 8.04. The second kappa shape index (κ2) is 3.93. The Balaban J connectivity index is 2.58. The third kappa shape index (κ3) is 1.75. The summed E-state index contributed by atoms with van der Waals surface area (Å²) in [5.74, 6) is -0.946. The predicted molar refractivity (Wildman–Crippen MR) is 62.5 cm³/mol. The van der Waals surface area contributed by atoms with Crippen LogP contribution in [0.15, 0.2) is 34.0 Å². The zero-order valence-corrected chi connectivity index (χ0v) is 9.52. The Hall–Kier alpha value is -2.30. The summed E-state index contributed by atoms with van der Waals surface area (Å²) >= 11 is 0. The van der Waals surface area contributed by atoms with Crippen LogP contribution in [0.1, 0.15) is 5.56 Å². The van der Waals surface area contributed by atoms with Gasteiger partial charge >= 0.3 is 11.7 Å². The van der Waals surface area contributed by atoms with Gasteiger partial charge in [0.25, 0.3) is 0 Å². The van der Waals surface area contributed by atoms with Crippen molar-refractivity contribution in [2.75, 3.05) is 7.11 Å². The van der Waals surface area contributed by atoms with Gasteiger partial charge in [0, 0.05) is 7.05 Å². The van der Waals surface area contributed by atoms with E-state index in [-0.39, 0.29) is 5.57 Å². The summed E-state index contributed by atoms with van der Waals surface area (Å²) < 4.78 is 10.9. The average Bonchev–Trinajstić information content (AvgIpc) is 2.63. The van der Waals surface area contributed by atoms with Crippen LogP contribution < -0.4 is 5.76 Å². The van der Waals surface area contributed by atoms with E-state index in [1.54, 1.807) is 25.2 Å². The smallest absolute Gasteiger partial charge is 0.419 e. The first kappa shape index (κ1) is 11.2. The standard InChI is InChI=1S/C12H11NO4/c1-7(11(14)16-3)8-4-5-10-9(6-8)13(2)12(15)17-10/h4-6H,1H2,2-3H3. The predicted octanol–water partition coefficient (Wildman–Crippen LogP) is 1.32. The van der Waals surface area contributed by atoms with Crippen molar-refractivity contribution >= 4 is 22.6 Å². The van der Waals surface area contributed by atoms with Crippen LogP contribution in [0.25, 0.3) is 16.7 Å². The molecule has 2 rings (SSSR count). The monoisotopic (exact) mass is 233 g/mol. The van der Waals surface area contributed by atoms with E-state index in [2.05, 4.69) is 11.3 Å². The minimum absolute atomic E-state index is 0.239. The van der Waals surface area contributed by atoms with Gasteiger partial charge < -0.3 is 9.15 Å². The minimum Gasteiger partial charge on any atom is -0.465 e. The van der Waals surface area contributed by atoms with E-state index in [4.69, 9.17) is 4.42 Å². The summed E-state index contributed by atoms with van der Waals surface area (Å²) in [6, 6.07) is 4.95. The van der Waals surface area contributed by atoms with E-state index < -0.39 is 11.7 Å². The molecule has 0 aliphatic heterocycles. The fourth-order valence-electron chi connectivity index (χ4n) is 1.56. The Bertz CT molecular complexity index is 663. The van der Waals surface area contributed by atoms with Crippen molar-refractivity contribution < 1.29 is 13.9 Å². The Labute approximate surface area is 96.9 Å². The van der Waals surface area contributed by atoms with Crippen LogP contribution in [-0.2, 0) is 16.6 Å². The van der Waals surface area contributed by atoms with Gasteiger partial charge in [-0.2, -0.15) is 0 Å². The number of carbonyl (C=O) groups is 1. The molecule has 1 aromatic carbocycles. The van der Waals surface area contributed by atoms with Gasteiger partial charge in [0.1, 0.15) is 0 Å². The number of aryl methyl sites for hydroxylation is 1. The van der Waals surface area contributed by atoms with E-state index in [1.165, 1.54) is 11.7 Å². The number of benzene rings is 1. The molecule has 0 aliphatic rings. The van der Waals surface area contributed by atoms with Crippen molar-refractivity contribution in [2.45, 2.75) is 0 Å². The van der Waals surface area contributed by atoms with Gasteiger partial charge in [-0.25, -0.2) is 9.59 Å². The molecular formula is C12H11NO4. The number of fused-ring (bicyclic) bond motifs is 1. The molecule has 5 nitrogen and oxygen atoms in total. The summed E-state index contributed by atoms with van der Waals surface area (Å²) in [7, 11) is 2.89. The second-order valence-electron chi connectivity index (χ2n) is 3.58. The maximum atomic E-state index is 11.3. The van der Waals surface area contributed by atoms with Crippen molar-refractivity contribution in [3.05, 3.63) is 40.9 Å². The van der Waals surface area contributed by atoms with Crippen molar-refractivity contribution in [1.82, 2.24) is 4.57 Å². The number of methoxy groups -OCH3 is 1. The molecule has 0 aliphatic carbocycles. The quantitative estimate of drug-likeness (QED) is 0.579. The van der Waals surface area contributed by atoms with Crippen LogP contribution in [0.2, 0.25) is 0 Å². The van der Waals surface area contributed by atoms with Crippen LogP contribution in [0, 0.1) is 0 Å². The molecule has 5 heteroatoms. The molecule has 0 atom stereocenters. The third-order valence-corrected chi connectivity index (χ3v) is 2.57. The van der Waals surface area contributed by atoms with Crippen molar-refractivity contribution in [1.29, 1.82) is 0 Å². The molecule has 1 aromatic heterocycles. The second-order valence-corrected chi connectivity index (χ2v) is 3.58. The van der Waals surface area contributed by atoms with Gasteiger partial charge in [-0.3, -0.25) is 4.57 Å². The zero-order chi connectivity index (χ0) is 12.6. The first-order valence-electron chi connectivity index (χ1n) is 4.91. The topological polar surface area (TPSA) is 61.4 Å². The number of esters is 1. The number of rotatable bonds is 2. The van der Waals surface area contributed by atoms with E-state index in [0.717, 1.165) is 0 Å². The molecule has 0 saturated carbocycles. The summed E-state index contributed by atoms with van der Waals surface area (Å²) in [5.41, 5.74) is 1.92. The van der Waals surface area contributed by atoms with Crippen molar-refractivity contribution in [3.63, 3.8) is 0 Å². The number of carbonyl (C=O) groups excluding carboxylic acids is 1. The third-order valence-electron chi connectivity index (χ3n) is 2.57. The summed E-state index contributed by atoms with van der Waals surface area (Å²) in [4.78, 5) is 22.6. The lowest BCUT2D eigenvalue weighted by Crippen LogP contribution is -2.08. The molecule has 2 aromatic rings.